The SMILES string of the molecule is CCN(CCCO)C(=O)[C@H](C)N. The highest BCUT2D eigenvalue weighted by atomic mass is 16.3. The van der Waals surface area contributed by atoms with Crippen LogP contribution in [0, 0.1) is 0 Å². The fourth-order valence-electron chi connectivity index (χ4n) is 0.974. The lowest BCUT2D eigenvalue weighted by molar-refractivity contribution is -0.132. The zero-order valence-corrected chi connectivity index (χ0v) is 7.79. The lowest BCUT2D eigenvalue weighted by atomic mass is 10.3. The largest absolute Gasteiger partial charge is 0.396 e. The highest BCUT2D eigenvalue weighted by molar-refractivity contribution is 5.81. The van der Waals surface area contributed by atoms with Gasteiger partial charge in [-0.05, 0) is 20.3 Å². The Morgan fingerprint density at radius 1 is 1.67 bits per heavy atom. The molecule has 0 heterocycles. The van der Waals surface area contributed by atoms with Crippen LogP contribution in [0.3, 0.4) is 0 Å². The van der Waals surface area contributed by atoms with E-state index in [1.807, 2.05) is 6.92 Å². The molecule has 0 aliphatic carbocycles. The van der Waals surface area contributed by atoms with E-state index in [1.54, 1.807) is 11.8 Å². The van der Waals surface area contributed by atoms with Crippen LogP contribution < -0.4 is 5.73 Å². The Morgan fingerprint density at radius 2 is 2.25 bits per heavy atom. The fraction of sp³-hybridized carbons (Fsp3) is 0.875. The quantitative estimate of drug-likeness (QED) is 0.594. The van der Waals surface area contributed by atoms with E-state index in [2.05, 4.69) is 0 Å². The van der Waals surface area contributed by atoms with Crippen LogP contribution in [0.4, 0.5) is 0 Å². The molecule has 3 N–H and O–H groups in total. The highest BCUT2D eigenvalue weighted by Crippen LogP contribution is 1.94. The molecule has 4 heteroatoms. The van der Waals surface area contributed by atoms with Gasteiger partial charge in [0.15, 0.2) is 0 Å². The number of hydrogen-bond acceptors (Lipinski definition) is 3. The zero-order chi connectivity index (χ0) is 9.56. The Labute approximate surface area is 73.3 Å². The zero-order valence-electron chi connectivity index (χ0n) is 7.79. The van der Waals surface area contributed by atoms with Crippen LogP contribution in [0.1, 0.15) is 20.3 Å². The molecule has 0 saturated carbocycles. The molecule has 0 aliphatic rings. The van der Waals surface area contributed by atoms with E-state index in [4.69, 9.17) is 10.8 Å². The topological polar surface area (TPSA) is 66.6 Å². The van der Waals surface area contributed by atoms with E-state index in [0.717, 1.165) is 0 Å². The molecule has 0 saturated heterocycles. The molecular weight excluding hydrogens is 156 g/mol. The van der Waals surface area contributed by atoms with Gasteiger partial charge in [-0.25, -0.2) is 0 Å². The maximum Gasteiger partial charge on any atom is 0.239 e. The average Bonchev–Trinajstić information content (AvgIpc) is 2.05. The van der Waals surface area contributed by atoms with Gasteiger partial charge in [-0.2, -0.15) is 0 Å². The Kier molecular flexibility index (Phi) is 5.66. The molecule has 0 rings (SSSR count). The summed E-state index contributed by atoms with van der Waals surface area (Å²) in [5.41, 5.74) is 5.43. The number of nitrogens with zero attached hydrogens (tertiary/aromatic N) is 1. The summed E-state index contributed by atoms with van der Waals surface area (Å²) in [6.45, 7) is 4.93. The minimum absolute atomic E-state index is 0.0500. The van der Waals surface area contributed by atoms with E-state index in [-0.39, 0.29) is 12.5 Å². The molecule has 0 unspecified atom stereocenters. The van der Waals surface area contributed by atoms with Crippen molar-refractivity contribution in [2.24, 2.45) is 5.73 Å². The molecular formula is C8H18N2O2. The maximum atomic E-state index is 11.3. The van der Waals surface area contributed by atoms with Crippen molar-refractivity contribution in [3.05, 3.63) is 0 Å². The predicted octanol–water partition coefficient (Wildman–Crippen LogP) is -0.435. The third kappa shape index (κ3) is 3.69. The Bertz CT molecular complexity index is 137. The number of rotatable bonds is 5. The molecule has 0 aliphatic heterocycles. The molecule has 1 amide bonds. The van der Waals surface area contributed by atoms with E-state index in [9.17, 15) is 4.79 Å². The monoisotopic (exact) mass is 174 g/mol. The molecule has 0 fully saturated rings. The second-order valence-corrected chi connectivity index (χ2v) is 2.78. The van der Waals surface area contributed by atoms with Crippen LogP contribution >= 0.6 is 0 Å². The van der Waals surface area contributed by atoms with E-state index in [1.165, 1.54) is 0 Å². The molecule has 0 spiro atoms. The van der Waals surface area contributed by atoms with Gasteiger partial charge in [0.1, 0.15) is 0 Å². The molecule has 0 aromatic rings. The number of aliphatic hydroxyl groups excluding tert-OH is 1. The summed E-state index contributed by atoms with van der Waals surface area (Å²) in [4.78, 5) is 13.0. The van der Waals surface area contributed by atoms with Crippen LogP contribution in [-0.4, -0.2) is 41.7 Å². The Hall–Kier alpha value is -0.610. The van der Waals surface area contributed by atoms with Gasteiger partial charge >= 0.3 is 0 Å². The first-order valence-electron chi connectivity index (χ1n) is 4.28. The van der Waals surface area contributed by atoms with Crippen molar-refractivity contribution < 1.29 is 9.90 Å². The summed E-state index contributed by atoms with van der Waals surface area (Å²) < 4.78 is 0. The van der Waals surface area contributed by atoms with Gasteiger partial charge in [0.05, 0.1) is 6.04 Å². The molecule has 1 atom stereocenters. The van der Waals surface area contributed by atoms with Crippen LogP contribution in [0.25, 0.3) is 0 Å². The number of amides is 1. The van der Waals surface area contributed by atoms with Gasteiger partial charge in [0.25, 0.3) is 0 Å². The molecule has 12 heavy (non-hydrogen) atoms. The first kappa shape index (κ1) is 11.4. The molecule has 72 valence electrons. The molecule has 0 bridgehead atoms. The van der Waals surface area contributed by atoms with Crippen molar-refractivity contribution in [1.82, 2.24) is 4.90 Å². The number of likely N-dealkylation sites (N-methyl/N-ethyl adjacent to an activating group) is 1. The number of hydrogen-bond donors (Lipinski definition) is 2. The lowest BCUT2D eigenvalue weighted by Crippen LogP contribution is -2.42. The first-order chi connectivity index (χ1) is 5.63. The number of nitrogens with two attached hydrogens (primary N) is 1. The maximum absolute atomic E-state index is 11.3. The third-order valence-corrected chi connectivity index (χ3v) is 1.67. The Morgan fingerprint density at radius 3 is 2.58 bits per heavy atom. The third-order valence-electron chi connectivity index (χ3n) is 1.67. The number of carbonyl (C=O) groups is 1. The summed E-state index contributed by atoms with van der Waals surface area (Å²) in [7, 11) is 0. The lowest BCUT2D eigenvalue weighted by Gasteiger charge is -2.22. The average molecular weight is 174 g/mol. The van der Waals surface area contributed by atoms with Crippen LogP contribution in [-0.2, 0) is 4.79 Å². The number of aliphatic hydroxyl groups is 1. The minimum atomic E-state index is -0.441. The van der Waals surface area contributed by atoms with Gasteiger partial charge in [-0.3, -0.25) is 4.79 Å². The van der Waals surface area contributed by atoms with Gasteiger partial charge in [0.2, 0.25) is 5.91 Å². The summed E-state index contributed by atoms with van der Waals surface area (Å²) in [6, 6.07) is -0.441. The Balaban J connectivity index is 3.88. The molecule has 4 nitrogen and oxygen atoms in total. The number of carbonyl (C=O) groups excluding carboxylic acids is 1. The predicted molar refractivity (Wildman–Crippen MR) is 47.6 cm³/mol. The van der Waals surface area contributed by atoms with E-state index < -0.39 is 6.04 Å². The van der Waals surface area contributed by atoms with Gasteiger partial charge in [-0.15, -0.1) is 0 Å². The van der Waals surface area contributed by atoms with Gasteiger partial charge in [-0.1, -0.05) is 0 Å². The molecule has 0 radical (unpaired) electrons. The van der Waals surface area contributed by atoms with E-state index >= 15 is 0 Å². The van der Waals surface area contributed by atoms with Crippen molar-refractivity contribution in [3.63, 3.8) is 0 Å². The minimum Gasteiger partial charge on any atom is -0.396 e. The standard InChI is InChI=1S/C8H18N2O2/c1-3-10(5-4-6-11)8(12)7(2)9/h7,11H,3-6,9H2,1-2H3/t7-/m0/s1. The fourth-order valence-corrected chi connectivity index (χ4v) is 0.974. The molecule has 0 aromatic carbocycles. The van der Waals surface area contributed by atoms with Crippen molar-refractivity contribution in [2.45, 2.75) is 26.3 Å². The van der Waals surface area contributed by atoms with Crippen LogP contribution in [0.15, 0.2) is 0 Å². The molecule has 0 aromatic heterocycles. The summed E-state index contributed by atoms with van der Waals surface area (Å²) in [6.07, 6.45) is 0.617. The second kappa shape index (κ2) is 5.97. The van der Waals surface area contributed by atoms with Crippen LogP contribution in [0.5, 0.6) is 0 Å². The second-order valence-electron chi connectivity index (χ2n) is 2.78. The van der Waals surface area contributed by atoms with Gasteiger partial charge in [0, 0.05) is 19.7 Å². The van der Waals surface area contributed by atoms with Crippen LogP contribution in [0.2, 0.25) is 0 Å². The van der Waals surface area contributed by atoms with Crippen molar-refractivity contribution >= 4 is 5.91 Å². The van der Waals surface area contributed by atoms with E-state index in [0.29, 0.717) is 19.5 Å². The van der Waals surface area contributed by atoms with Crippen molar-refractivity contribution in [2.75, 3.05) is 19.7 Å². The summed E-state index contributed by atoms with van der Waals surface area (Å²) in [5.74, 6) is -0.0500. The summed E-state index contributed by atoms with van der Waals surface area (Å²) in [5, 5.41) is 8.56. The van der Waals surface area contributed by atoms with Crippen molar-refractivity contribution in [3.8, 4) is 0 Å². The van der Waals surface area contributed by atoms with Gasteiger partial charge < -0.3 is 15.7 Å². The first-order valence-corrected chi connectivity index (χ1v) is 4.28. The normalized spacial score (nSPS) is 12.7. The van der Waals surface area contributed by atoms with Crippen molar-refractivity contribution in [1.29, 1.82) is 0 Å². The highest BCUT2D eigenvalue weighted by Gasteiger charge is 2.14. The smallest absolute Gasteiger partial charge is 0.239 e. The summed E-state index contributed by atoms with van der Waals surface area (Å²) >= 11 is 0.